The van der Waals surface area contributed by atoms with E-state index in [0.717, 1.165) is 43.0 Å². The molecule has 1 aliphatic rings. The second-order valence-corrected chi connectivity index (χ2v) is 6.28. The molecule has 1 heterocycles. The lowest BCUT2D eigenvalue weighted by Gasteiger charge is -2.32. The SMILES string of the molecule is Cc1cc(-c2ccc([C@@H](C)N3CCOCC3)cc2)ccc1C(=O)O. The van der Waals surface area contributed by atoms with Crippen LogP contribution in [0.15, 0.2) is 42.5 Å². The van der Waals surface area contributed by atoms with Gasteiger partial charge in [0.15, 0.2) is 0 Å². The molecule has 1 N–H and O–H groups in total. The van der Waals surface area contributed by atoms with Gasteiger partial charge in [-0.25, -0.2) is 4.79 Å². The van der Waals surface area contributed by atoms with Crippen molar-refractivity contribution in [3.8, 4) is 11.1 Å². The van der Waals surface area contributed by atoms with E-state index >= 15 is 0 Å². The van der Waals surface area contributed by atoms with Gasteiger partial charge in [-0.15, -0.1) is 0 Å². The van der Waals surface area contributed by atoms with Gasteiger partial charge in [0.05, 0.1) is 18.8 Å². The highest BCUT2D eigenvalue weighted by atomic mass is 16.5. The lowest BCUT2D eigenvalue weighted by molar-refractivity contribution is 0.0198. The van der Waals surface area contributed by atoms with Crippen LogP contribution in [-0.2, 0) is 4.74 Å². The van der Waals surface area contributed by atoms with Gasteiger partial charge >= 0.3 is 5.97 Å². The van der Waals surface area contributed by atoms with Gasteiger partial charge in [-0.1, -0.05) is 36.4 Å². The van der Waals surface area contributed by atoms with Gasteiger partial charge in [0, 0.05) is 19.1 Å². The number of hydrogen-bond donors (Lipinski definition) is 1. The molecule has 2 aromatic rings. The molecule has 0 radical (unpaired) electrons. The van der Waals surface area contributed by atoms with Crippen LogP contribution in [0.25, 0.3) is 11.1 Å². The first-order chi connectivity index (χ1) is 11.6. The number of carbonyl (C=O) groups is 1. The molecule has 0 bridgehead atoms. The van der Waals surface area contributed by atoms with Gasteiger partial charge in [-0.05, 0) is 42.2 Å². The normalized spacial score (nSPS) is 16.8. The van der Waals surface area contributed by atoms with E-state index in [9.17, 15) is 4.79 Å². The summed E-state index contributed by atoms with van der Waals surface area (Å²) in [7, 11) is 0. The van der Waals surface area contributed by atoms with E-state index in [4.69, 9.17) is 9.84 Å². The highest BCUT2D eigenvalue weighted by molar-refractivity contribution is 5.90. The molecule has 1 fully saturated rings. The Hall–Kier alpha value is -2.17. The molecule has 0 aliphatic carbocycles. The molecule has 4 nitrogen and oxygen atoms in total. The van der Waals surface area contributed by atoms with Crippen LogP contribution in [0.2, 0.25) is 0 Å². The molecule has 1 aliphatic heterocycles. The predicted molar refractivity (Wildman–Crippen MR) is 94.4 cm³/mol. The zero-order valence-electron chi connectivity index (χ0n) is 14.2. The zero-order valence-corrected chi connectivity index (χ0v) is 14.2. The van der Waals surface area contributed by atoms with E-state index in [-0.39, 0.29) is 0 Å². The summed E-state index contributed by atoms with van der Waals surface area (Å²) < 4.78 is 5.42. The van der Waals surface area contributed by atoms with Crippen LogP contribution in [0.4, 0.5) is 0 Å². The van der Waals surface area contributed by atoms with Crippen LogP contribution >= 0.6 is 0 Å². The largest absolute Gasteiger partial charge is 0.478 e. The minimum absolute atomic E-state index is 0.358. The Bertz CT molecular complexity index is 718. The molecule has 3 rings (SSSR count). The van der Waals surface area contributed by atoms with Gasteiger partial charge in [0.2, 0.25) is 0 Å². The highest BCUT2D eigenvalue weighted by Crippen LogP contribution is 2.26. The highest BCUT2D eigenvalue weighted by Gasteiger charge is 2.18. The Kier molecular flexibility index (Phi) is 4.97. The summed E-state index contributed by atoms with van der Waals surface area (Å²) in [4.78, 5) is 13.6. The first-order valence-electron chi connectivity index (χ1n) is 8.32. The van der Waals surface area contributed by atoms with Gasteiger partial charge in [-0.3, -0.25) is 4.90 Å². The average molecular weight is 325 g/mol. The Balaban J connectivity index is 1.79. The Morgan fingerprint density at radius 1 is 1.08 bits per heavy atom. The van der Waals surface area contributed by atoms with Crippen molar-refractivity contribution in [2.75, 3.05) is 26.3 Å². The van der Waals surface area contributed by atoms with E-state index in [1.165, 1.54) is 5.56 Å². The summed E-state index contributed by atoms with van der Waals surface area (Å²) in [5.41, 5.74) is 4.58. The van der Waals surface area contributed by atoms with Crippen molar-refractivity contribution in [1.29, 1.82) is 0 Å². The van der Waals surface area contributed by atoms with Crippen LogP contribution in [0.1, 0.15) is 34.5 Å². The minimum Gasteiger partial charge on any atom is -0.478 e. The molecule has 0 saturated carbocycles. The van der Waals surface area contributed by atoms with Crippen LogP contribution in [0.5, 0.6) is 0 Å². The molecule has 0 spiro atoms. The lowest BCUT2D eigenvalue weighted by atomic mass is 9.97. The van der Waals surface area contributed by atoms with Crippen LogP contribution in [0, 0.1) is 6.92 Å². The number of morpholine rings is 1. The fourth-order valence-electron chi connectivity index (χ4n) is 3.21. The first-order valence-corrected chi connectivity index (χ1v) is 8.32. The number of hydrogen-bond acceptors (Lipinski definition) is 3. The maximum atomic E-state index is 11.1. The molecule has 0 unspecified atom stereocenters. The molecular formula is C20H23NO3. The molecule has 126 valence electrons. The summed E-state index contributed by atoms with van der Waals surface area (Å²) in [5.74, 6) is -0.881. The Labute approximate surface area is 142 Å². The molecule has 0 aromatic heterocycles. The topological polar surface area (TPSA) is 49.8 Å². The molecule has 24 heavy (non-hydrogen) atoms. The van der Waals surface area contributed by atoms with Gasteiger partial charge in [-0.2, -0.15) is 0 Å². The van der Waals surface area contributed by atoms with Crippen LogP contribution < -0.4 is 0 Å². The number of nitrogens with zero attached hydrogens (tertiary/aromatic N) is 1. The number of carboxylic acid groups (broad SMARTS) is 1. The minimum atomic E-state index is -0.881. The number of carboxylic acids is 1. The van der Waals surface area contributed by atoms with Crippen molar-refractivity contribution in [2.45, 2.75) is 19.9 Å². The third-order valence-electron chi connectivity index (χ3n) is 4.78. The van der Waals surface area contributed by atoms with E-state index in [0.29, 0.717) is 11.6 Å². The standard InChI is InChI=1S/C20H23NO3/c1-14-13-18(7-8-19(14)20(22)23)17-5-3-16(4-6-17)15(2)21-9-11-24-12-10-21/h3-8,13,15H,9-12H2,1-2H3,(H,22,23)/t15-/m1/s1. The Morgan fingerprint density at radius 3 is 2.29 bits per heavy atom. The van der Waals surface area contributed by atoms with Crippen molar-refractivity contribution < 1.29 is 14.6 Å². The Morgan fingerprint density at radius 2 is 1.71 bits per heavy atom. The maximum absolute atomic E-state index is 11.1. The second kappa shape index (κ2) is 7.16. The quantitative estimate of drug-likeness (QED) is 0.930. The monoisotopic (exact) mass is 325 g/mol. The number of benzene rings is 2. The summed E-state index contributed by atoms with van der Waals surface area (Å²) in [6, 6.07) is 14.4. The van der Waals surface area contributed by atoms with Crippen molar-refractivity contribution in [1.82, 2.24) is 4.90 Å². The summed E-state index contributed by atoms with van der Waals surface area (Å²) in [6.07, 6.45) is 0. The van der Waals surface area contributed by atoms with Crippen molar-refractivity contribution >= 4 is 5.97 Å². The number of ether oxygens (including phenoxy) is 1. The predicted octanol–water partition coefficient (Wildman–Crippen LogP) is 3.75. The number of aromatic carboxylic acids is 1. The second-order valence-electron chi connectivity index (χ2n) is 6.28. The van der Waals surface area contributed by atoms with Gasteiger partial charge in [0.1, 0.15) is 0 Å². The fourth-order valence-corrected chi connectivity index (χ4v) is 3.21. The molecule has 2 aromatic carbocycles. The van der Waals surface area contributed by atoms with E-state index in [1.807, 2.05) is 19.1 Å². The smallest absolute Gasteiger partial charge is 0.335 e. The van der Waals surface area contributed by atoms with Gasteiger partial charge < -0.3 is 9.84 Å². The molecule has 4 heteroatoms. The van der Waals surface area contributed by atoms with E-state index < -0.39 is 5.97 Å². The third-order valence-corrected chi connectivity index (χ3v) is 4.78. The summed E-state index contributed by atoms with van der Waals surface area (Å²) in [6.45, 7) is 7.61. The van der Waals surface area contributed by atoms with Crippen LogP contribution in [-0.4, -0.2) is 42.3 Å². The van der Waals surface area contributed by atoms with Gasteiger partial charge in [0.25, 0.3) is 0 Å². The van der Waals surface area contributed by atoms with E-state index in [1.54, 1.807) is 6.07 Å². The van der Waals surface area contributed by atoms with Crippen molar-refractivity contribution in [3.63, 3.8) is 0 Å². The third kappa shape index (κ3) is 3.50. The lowest BCUT2D eigenvalue weighted by Crippen LogP contribution is -2.37. The summed E-state index contributed by atoms with van der Waals surface area (Å²) in [5, 5.41) is 9.13. The van der Waals surface area contributed by atoms with Crippen molar-refractivity contribution in [3.05, 3.63) is 59.2 Å². The number of aryl methyl sites for hydroxylation is 1. The average Bonchev–Trinajstić information content (AvgIpc) is 2.61. The number of rotatable bonds is 4. The van der Waals surface area contributed by atoms with Crippen molar-refractivity contribution in [2.24, 2.45) is 0 Å². The fraction of sp³-hybridized carbons (Fsp3) is 0.350. The summed E-state index contributed by atoms with van der Waals surface area (Å²) >= 11 is 0. The first kappa shape index (κ1) is 16.7. The molecule has 1 saturated heterocycles. The van der Waals surface area contributed by atoms with Crippen LogP contribution in [0.3, 0.4) is 0 Å². The molecular weight excluding hydrogens is 302 g/mol. The zero-order chi connectivity index (χ0) is 17.1. The molecule has 0 amide bonds. The van der Waals surface area contributed by atoms with E-state index in [2.05, 4.69) is 36.1 Å². The maximum Gasteiger partial charge on any atom is 0.335 e. The molecule has 1 atom stereocenters.